The summed E-state index contributed by atoms with van der Waals surface area (Å²) in [5.41, 5.74) is 2.36. The normalized spacial score (nSPS) is 16.2. The van der Waals surface area contributed by atoms with Gasteiger partial charge in [0.05, 0.1) is 0 Å². The van der Waals surface area contributed by atoms with Crippen LogP contribution in [0.15, 0.2) is 42.9 Å². The van der Waals surface area contributed by atoms with Crippen LogP contribution in [0.1, 0.15) is 38.2 Å². The van der Waals surface area contributed by atoms with E-state index < -0.39 is 5.54 Å². The molecule has 30 heavy (non-hydrogen) atoms. The van der Waals surface area contributed by atoms with E-state index in [1.54, 1.807) is 37.2 Å². The number of nitrogens with one attached hydrogen (secondary N) is 1. The molecule has 0 aliphatic carbocycles. The number of carbonyl (C=O) groups is 2. The van der Waals surface area contributed by atoms with Crippen molar-refractivity contribution in [2.75, 3.05) is 13.1 Å². The molecule has 3 aromatic rings. The van der Waals surface area contributed by atoms with Gasteiger partial charge < -0.3 is 14.8 Å². The molecule has 0 bridgehead atoms. The third-order valence-corrected chi connectivity index (χ3v) is 5.59. The zero-order valence-corrected chi connectivity index (χ0v) is 17.8. The first-order chi connectivity index (χ1) is 14.3. The van der Waals surface area contributed by atoms with Crippen LogP contribution < -0.4 is 5.32 Å². The lowest BCUT2D eigenvalue weighted by Gasteiger charge is -2.40. The quantitative estimate of drug-likeness (QED) is 0.723. The van der Waals surface area contributed by atoms with Crippen LogP contribution in [0.3, 0.4) is 0 Å². The molecule has 0 saturated carbocycles. The summed E-state index contributed by atoms with van der Waals surface area (Å²) in [6, 6.07) is 7.67. The summed E-state index contributed by atoms with van der Waals surface area (Å²) in [5.74, 6) is 0.0580. The number of amides is 2. The van der Waals surface area contributed by atoms with Gasteiger partial charge >= 0.3 is 0 Å². The standard InChI is InChI=1S/C23H27N5O2/c1-15(2)13-27-14-18(16-7-9-24-10-8-16)17-5-6-19(26-20(17)27)21(29)28-12-11-25-22(30)23(28,3)4/h5-10,14-15H,11-13H2,1-4H3,(H,25,30). The minimum Gasteiger partial charge on any atom is -0.352 e. The Bertz CT molecular complexity index is 1100. The van der Waals surface area contributed by atoms with Gasteiger partial charge in [-0.15, -0.1) is 0 Å². The molecular weight excluding hydrogens is 378 g/mol. The Balaban J connectivity index is 1.80. The van der Waals surface area contributed by atoms with Crippen LogP contribution in [0.25, 0.3) is 22.2 Å². The Morgan fingerprint density at radius 3 is 2.63 bits per heavy atom. The Hall–Kier alpha value is -3.22. The molecule has 156 valence electrons. The van der Waals surface area contributed by atoms with Crippen LogP contribution in [0, 0.1) is 5.92 Å². The second-order valence-corrected chi connectivity index (χ2v) is 8.66. The number of aromatic nitrogens is 3. The highest BCUT2D eigenvalue weighted by Gasteiger charge is 2.41. The van der Waals surface area contributed by atoms with E-state index in [4.69, 9.17) is 4.98 Å². The molecule has 1 fully saturated rings. The van der Waals surface area contributed by atoms with Crippen molar-refractivity contribution in [3.63, 3.8) is 0 Å². The largest absolute Gasteiger partial charge is 0.352 e. The smallest absolute Gasteiger partial charge is 0.273 e. The van der Waals surface area contributed by atoms with Crippen molar-refractivity contribution in [3.8, 4) is 11.1 Å². The maximum absolute atomic E-state index is 13.3. The minimum atomic E-state index is -0.909. The van der Waals surface area contributed by atoms with Gasteiger partial charge in [-0.3, -0.25) is 14.6 Å². The Morgan fingerprint density at radius 2 is 1.93 bits per heavy atom. The maximum Gasteiger partial charge on any atom is 0.273 e. The summed E-state index contributed by atoms with van der Waals surface area (Å²) in [4.78, 5) is 36.0. The predicted molar refractivity (Wildman–Crippen MR) is 116 cm³/mol. The van der Waals surface area contributed by atoms with Gasteiger partial charge in [0, 0.05) is 49.2 Å². The van der Waals surface area contributed by atoms with E-state index in [2.05, 4.69) is 34.9 Å². The summed E-state index contributed by atoms with van der Waals surface area (Å²) >= 11 is 0. The van der Waals surface area contributed by atoms with Gasteiger partial charge in [0.2, 0.25) is 5.91 Å². The van der Waals surface area contributed by atoms with E-state index in [9.17, 15) is 9.59 Å². The van der Waals surface area contributed by atoms with E-state index >= 15 is 0 Å². The fourth-order valence-corrected chi connectivity index (χ4v) is 3.97. The average molecular weight is 406 g/mol. The molecular formula is C23H27N5O2. The SMILES string of the molecule is CC(C)Cn1cc(-c2ccncc2)c2ccc(C(=O)N3CCNC(=O)C3(C)C)nc21. The number of rotatable bonds is 4. The molecule has 2 amide bonds. The van der Waals surface area contributed by atoms with Crippen LogP contribution in [-0.2, 0) is 11.3 Å². The molecule has 3 aromatic heterocycles. The van der Waals surface area contributed by atoms with Gasteiger partial charge in [-0.05, 0) is 49.6 Å². The van der Waals surface area contributed by atoms with E-state index in [0.717, 1.165) is 28.7 Å². The van der Waals surface area contributed by atoms with Gasteiger partial charge in [0.25, 0.3) is 5.91 Å². The number of fused-ring (bicyclic) bond motifs is 1. The third kappa shape index (κ3) is 3.44. The van der Waals surface area contributed by atoms with Crippen molar-refractivity contribution in [1.82, 2.24) is 24.8 Å². The summed E-state index contributed by atoms with van der Waals surface area (Å²) < 4.78 is 2.11. The molecule has 0 spiro atoms. The maximum atomic E-state index is 13.3. The van der Waals surface area contributed by atoms with Crippen molar-refractivity contribution in [1.29, 1.82) is 0 Å². The van der Waals surface area contributed by atoms with Gasteiger partial charge in [-0.2, -0.15) is 0 Å². The molecule has 7 nitrogen and oxygen atoms in total. The van der Waals surface area contributed by atoms with Crippen molar-refractivity contribution >= 4 is 22.8 Å². The molecule has 0 atom stereocenters. The number of hydrogen-bond donors (Lipinski definition) is 1. The zero-order chi connectivity index (χ0) is 21.5. The summed E-state index contributed by atoms with van der Waals surface area (Å²) in [5, 5.41) is 3.82. The van der Waals surface area contributed by atoms with Crippen molar-refractivity contribution in [3.05, 3.63) is 48.5 Å². The van der Waals surface area contributed by atoms with Gasteiger partial charge in [0.1, 0.15) is 16.9 Å². The van der Waals surface area contributed by atoms with Gasteiger partial charge in [-0.25, -0.2) is 4.98 Å². The highest BCUT2D eigenvalue weighted by Crippen LogP contribution is 2.31. The zero-order valence-electron chi connectivity index (χ0n) is 17.8. The highest BCUT2D eigenvalue weighted by molar-refractivity contribution is 6.01. The number of piperazine rings is 1. The molecule has 7 heteroatoms. The lowest BCUT2D eigenvalue weighted by Crippen LogP contribution is -2.63. The molecule has 1 aliphatic heterocycles. The van der Waals surface area contributed by atoms with Crippen LogP contribution >= 0.6 is 0 Å². The van der Waals surface area contributed by atoms with Gasteiger partial charge in [-0.1, -0.05) is 13.8 Å². The second-order valence-electron chi connectivity index (χ2n) is 8.66. The van der Waals surface area contributed by atoms with Crippen LogP contribution in [0.5, 0.6) is 0 Å². The summed E-state index contributed by atoms with van der Waals surface area (Å²) in [6.07, 6.45) is 5.64. The Morgan fingerprint density at radius 1 is 1.20 bits per heavy atom. The molecule has 1 saturated heterocycles. The Labute approximate surface area is 176 Å². The van der Waals surface area contributed by atoms with Crippen LogP contribution in [0.2, 0.25) is 0 Å². The van der Waals surface area contributed by atoms with Crippen molar-refractivity contribution < 1.29 is 9.59 Å². The van der Waals surface area contributed by atoms with E-state index in [0.29, 0.717) is 24.7 Å². The first kappa shape index (κ1) is 20.1. The number of nitrogens with zero attached hydrogens (tertiary/aromatic N) is 4. The minimum absolute atomic E-state index is 0.147. The molecule has 4 heterocycles. The van der Waals surface area contributed by atoms with Crippen LogP contribution in [-0.4, -0.2) is 49.9 Å². The second kappa shape index (κ2) is 7.55. The summed E-state index contributed by atoms with van der Waals surface area (Å²) in [7, 11) is 0. The van der Waals surface area contributed by atoms with Crippen molar-refractivity contribution in [2.24, 2.45) is 5.92 Å². The molecule has 0 aromatic carbocycles. The molecule has 1 N–H and O–H groups in total. The van der Waals surface area contributed by atoms with E-state index in [1.165, 1.54) is 0 Å². The number of pyridine rings is 2. The monoisotopic (exact) mass is 405 g/mol. The summed E-state index contributed by atoms with van der Waals surface area (Å²) in [6.45, 7) is 9.55. The van der Waals surface area contributed by atoms with E-state index in [1.807, 2.05) is 18.2 Å². The first-order valence-corrected chi connectivity index (χ1v) is 10.3. The topological polar surface area (TPSA) is 80.1 Å². The Kier molecular flexibility index (Phi) is 5.05. The number of hydrogen-bond acceptors (Lipinski definition) is 4. The first-order valence-electron chi connectivity index (χ1n) is 10.3. The molecule has 0 radical (unpaired) electrons. The lowest BCUT2D eigenvalue weighted by molar-refractivity contribution is -0.133. The highest BCUT2D eigenvalue weighted by atomic mass is 16.2. The van der Waals surface area contributed by atoms with Gasteiger partial charge in [0.15, 0.2) is 0 Å². The van der Waals surface area contributed by atoms with Crippen molar-refractivity contribution in [2.45, 2.75) is 39.8 Å². The molecule has 0 unspecified atom stereocenters. The predicted octanol–water partition coefficient (Wildman–Crippen LogP) is 3.10. The molecule has 1 aliphatic rings. The van der Waals surface area contributed by atoms with E-state index in [-0.39, 0.29) is 11.8 Å². The lowest BCUT2D eigenvalue weighted by atomic mass is 9.98. The van der Waals surface area contributed by atoms with Crippen LogP contribution in [0.4, 0.5) is 0 Å². The molecule has 4 rings (SSSR count). The third-order valence-electron chi connectivity index (χ3n) is 5.59. The average Bonchev–Trinajstić information content (AvgIpc) is 3.07. The number of carbonyl (C=O) groups excluding carboxylic acids is 2. The fraction of sp³-hybridized carbons (Fsp3) is 0.391. The fourth-order valence-electron chi connectivity index (χ4n) is 3.97.